The van der Waals surface area contributed by atoms with Crippen LogP contribution in [0.15, 0.2) is 0 Å². The van der Waals surface area contributed by atoms with Crippen molar-refractivity contribution in [1.82, 2.24) is 10.2 Å². The first-order chi connectivity index (χ1) is 5.57. The summed E-state index contributed by atoms with van der Waals surface area (Å²) in [5.41, 5.74) is 0. The molecule has 0 radical (unpaired) electrons. The van der Waals surface area contributed by atoms with E-state index < -0.39 is 0 Å². The molecule has 0 bridgehead atoms. The van der Waals surface area contributed by atoms with Crippen molar-refractivity contribution >= 4 is 21.8 Å². The number of halogens is 1. The normalized spacial score (nSPS) is 35.8. The Balaban J connectivity index is 2.73. The van der Waals surface area contributed by atoms with Crippen LogP contribution >= 0.6 is 15.9 Å². The molecule has 1 fully saturated rings. The predicted octanol–water partition coefficient (Wildman–Crippen LogP) is -0.218. The number of nitrogens with one attached hydrogen (secondary N) is 1. The third-order valence-electron chi connectivity index (χ3n) is 2.00. The molecular formula is C7H13BrN2O2. The average Bonchev–Trinajstić information content (AvgIpc) is 2.28. The van der Waals surface area contributed by atoms with Gasteiger partial charge < -0.3 is 15.0 Å². The molecule has 0 aromatic carbocycles. The minimum atomic E-state index is -0.211. The van der Waals surface area contributed by atoms with Crippen molar-refractivity contribution in [3.8, 4) is 0 Å². The lowest BCUT2D eigenvalue weighted by Crippen LogP contribution is -2.43. The van der Waals surface area contributed by atoms with E-state index in [1.54, 1.807) is 7.11 Å². The van der Waals surface area contributed by atoms with Crippen LogP contribution in [-0.2, 0) is 9.53 Å². The summed E-state index contributed by atoms with van der Waals surface area (Å²) in [6, 6.07) is 0.0579. The van der Waals surface area contributed by atoms with Crippen LogP contribution in [0.4, 0.5) is 0 Å². The van der Waals surface area contributed by atoms with Gasteiger partial charge in [-0.05, 0) is 14.1 Å². The molecule has 70 valence electrons. The minimum absolute atomic E-state index is 0.0134. The number of hydrogen-bond acceptors (Lipinski definition) is 3. The first-order valence-electron chi connectivity index (χ1n) is 3.71. The molecule has 0 unspecified atom stereocenters. The highest BCUT2D eigenvalue weighted by Gasteiger charge is 2.42. The zero-order chi connectivity index (χ0) is 9.30. The van der Waals surface area contributed by atoms with Crippen LogP contribution in [0.2, 0.25) is 0 Å². The molecule has 1 heterocycles. The number of alkyl halides is 1. The second-order valence-corrected chi connectivity index (χ2v) is 4.01. The van der Waals surface area contributed by atoms with Crippen LogP contribution in [0.1, 0.15) is 0 Å². The van der Waals surface area contributed by atoms with Crippen LogP contribution < -0.4 is 5.32 Å². The van der Waals surface area contributed by atoms with Crippen LogP contribution in [0.3, 0.4) is 0 Å². The summed E-state index contributed by atoms with van der Waals surface area (Å²) < 4.78 is 5.12. The van der Waals surface area contributed by atoms with E-state index >= 15 is 0 Å². The smallest absolute Gasteiger partial charge is 0.237 e. The number of ether oxygens (including phenoxy) is 1. The molecule has 0 aliphatic carbocycles. The van der Waals surface area contributed by atoms with Gasteiger partial charge in [-0.15, -0.1) is 0 Å². The molecule has 0 aromatic rings. The maximum absolute atomic E-state index is 11.2. The Morgan fingerprint density at radius 3 is 2.50 bits per heavy atom. The molecule has 1 aliphatic rings. The highest BCUT2D eigenvalue weighted by Crippen LogP contribution is 2.20. The van der Waals surface area contributed by atoms with E-state index in [1.807, 2.05) is 19.0 Å². The highest BCUT2D eigenvalue weighted by molar-refractivity contribution is 9.10. The number of amides is 1. The summed E-state index contributed by atoms with van der Waals surface area (Å²) in [5, 5.41) is 2.74. The van der Waals surface area contributed by atoms with Crippen molar-refractivity contribution in [2.24, 2.45) is 0 Å². The first kappa shape index (κ1) is 9.95. The van der Waals surface area contributed by atoms with Crippen molar-refractivity contribution in [2.75, 3.05) is 21.2 Å². The molecular weight excluding hydrogens is 224 g/mol. The Morgan fingerprint density at radius 2 is 2.17 bits per heavy atom. The Bertz CT molecular complexity index is 186. The highest BCUT2D eigenvalue weighted by atomic mass is 79.9. The van der Waals surface area contributed by atoms with E-state index in [0.717, 1.165) is 0 Å². The van der Waals surface area contributed by atoms with E-state index in [2.05, 4.69) is 21.2 Å². The Kier molecular flexibility index (Phi) is 3.09. The quantitative estimate of drug-likeness (QED) is 0.675. The summed E-state index contributed by atoms with van der Waals surface area (Å²) >= 11 is 3.32. The number of nitrogens with zero attached hydrogens (tertiary/aromatic N) is 1. The van der Waals surface area contributed by atoms with Gasteiger partial charge in [0.05, 0.1) is 6.04 Å². The lowest BCUT2D eigenvalue weighted by Gasteiger charge is -2.25. The molecule has 1 amide bonds. The van der Waals surface area contributed by atoms with E-state index in [-0.39, 0.29) is 23.0 Å². The van der Waals surface area contributed by atoms with Crippen molar-refractivity contribution in [3.05, 3.63) is 0 Å². The lowest BCUT2D eigenvalue weighted by atomic mass is 10.2. The molecule has 1 aliphatic heterocycles. The largest absolute Gasteiger partial charge is 0.360 e. The molecule has 3 atom stereocenters. The Morgan fingerprint density at radius 1 is 1.58 bits per heavy atom. The molecule has 12 heavy (non-hydrogen) atoms. The first-order valence-corrected chi connectivity index (χ1v) is 4.63. The third kappa shape index (κ3) is 1.62. The summed E-state index contributed by atoms with van der Waals surface area (Å²) in [7, 11) is 5.43. The van der Waals surface area contributed by atoms with Crippen molar-refractivity contribution in [2.45, 2.75) is 17.1 Å². The molecule has 0 saturated carbocycles. The zero-order valence-electron chi connectivity index (χ0n) is 7.37. The van der Waals surface area contributed by atoms with Gasteiger partial charge in [0, 0.05) is 7.11 Å². The Labute approximate surface area is 80.4 Å². The molecule has 4 nitrogen and oxygen atoms in total. The van der Waals surface area contributed by atoms with Crippen molar-refractivity contribution in [1.29, 1.82) is 0 Å². The average molecular weight is 237 g/mol. The molecule has 0 aromatic heterocycles. The maximum Gasteiger partial charge on any atom is 0.237 e. The SMILES string of the molecule is CO[C@H]1NC(=O)[C@@H](Br)[C@H]1N(C)C. The second kappa shape index (κ2) is 3.72. The molecule has 1 N–H and O–H groups in total. The summed E-state index contributed by atoms with van der Waals surface area (Å²) in [5.74, 6) is -0.0134. The summed E-state index contributed by atoms with van der Waals surface area (Å²) in [4.78, 5) is 13.0. The van der Waals surface area contributed by atoms with Gasteiger partial charge in [0.2, 0.25) is 5.91 Å². The number of likely N-dealkylation sites (N-methyl/N-ethyl adjacent to an activating group) is 1. The number of hydrogen-bond donors (Lipinski definition) is 1. The zero-order valence-corrected chi connectivity index (χ0v) is 8.96. The number of carbonyl (C=O) groups is 1. The summed E-state index contributed by atoms with van der Waals surface area (Å²) in [6.45, 7) is 0. The van der Waals surface area contributed by atoms with E-state index in [0.29, 0.717) is 0 Å². The van der Waals surface area contributed by atoms with Gasteiger partial charge in [-0.2, -0.15) is 0 Å². The van der Waals surface area contributed by atoms with E-state index in [4.69, 9.17) is 4.74 Å². The van der Waals surface area contributed by atoms with Crippen molar-refractivity contribution in [3.63, 3.8) is 0 Å². The monoisotopic (exact) mass is 236 g/mol. The van der Waals surface area contributed by atoms with Gasteiger partial charge in [0.15, 0.2) is 0 Å². The minimum Gasteiger partial charge on any atom is -0.360 e. The number of carbonyl (C=O) groups excluding carboxylic acids is 1. The molecule has 5 heteroatoms. The predicted molar refractivity (Wildman–Crippen MR) is 49.1 cm³/mol. The van der Waals surface area contributed by atoms with Crippen LogP contribution in [0.25, 0.3) is 0 Å². The third-order valence-corrected chi connectivity index (χ3v) is 2.95. The van der Waals surface area contributed by atoms with Crippen LogP contribution in [-0.4, -0.2) is 49.1 Å². The lowest BCUT2D eigenvalue weighted by molar-refractivity contribution is -0.120. The molecule has 0 spiro atoms. The summed E-state index contributed by atoms with van der Waals surface area (Å²) in [6.07, 6.45) is -0.211. The molecule has 1 rings (SSSR count). The Hall–Kier alpha value is -0.130. The number of rotatable bonds is 2. The fraction of sp³-hybridized carbons (Fsp3) is 0.857. The topological polar surface area (TPSA) is 41.6 Å². The number of methoxy groups -OCH3 is 1. The van der Waals surface area contributed by atoms with Crippen LogP contribution in [0.5, 0.6) is 0 Å². The van der Waals surface area contributed by atoms with Gasteiger partial charge in [-0.1, -0.05) is 15.9 Å². The van der Waals surface area contributed by atoms with Gasteiger partial charge in [0.25, 0.3) is 0 Å². The van der Waals surface area contributed by atoms with E-state index in [9.17, 15) is 4.79 Å². The van der Waals surface area contributed by atoms with Gasteiger partial charge in [0.1, 0.15) is 11.1 Å². The van der Waals surface area contributed by atoms with Gasteiger partial charge >= 0.3 is 0 Å². The fourth-order valence-corrected chi connectivity index (χ4v) is 2.23. The van der Waals surface area contributed by atoms with Gasteiger partial charge in [-0.25, -0.2) is 0 Å². The fourth-order valence-electron chi connectivity index (χ4n) is 1.34. The van der Waals surface area contributed by atoms with Gasteiger partial charge in [-0.3, -0.25) is 4.79 Å². The second-order valence-electron chi connectivity index (χ2n) is 3.02. The molecule has 1 saturated heterocycles. The van der Waals surface area contributed by atoms with E-state index in [1.165, 1.54) is 0 Å². The van der Waals surface area contributed by atoms with Crippen molar-refractivity contribution < 1.29 is 9.53 Å². The maximum atomic E-state index is 11.2. The van der Waals surface area contributed by atoms with Crippen LogP contribution in [0, 0.1) is 0 Å². The standard InChI is InChI=1S/C7H13BrN2O2/c1-10(2)5-4(8)6(11)9-7(5)12-3/h4-5,7H,1-3H3,(H,9,11)/t4-,5+,7+/m0/s1.